The predicted molar refractivity (Wildman–Crippen MR) is 48.1 cm³/mol. The van der Waals surface area contributed by atoms with E-state index in [4.69, 9.17) is 0 Å². The van der Waals surface area contributed by atoms with Crippen LogP contribution in [0.25, 0.3) is 0 Å². The van der Waals surface area contributed by atoms with Crippen LogP contribution >= 0.6 is 0 Å². The molecule has 2 aliphatic heterocycles. The van der Waals surface area contributed by atoms with Gasteiger partial charge in [-0.3, -0.25) is 0 Å². The molecule has 0 spiro atoms. The molecule has 0 bridgehead atoms. The molecule has 0 aromatic rings. The predicted octanol–water partition coefficient (Wildman–Crippen LogP) is -0.195. The summed E-state index contributed by atoms with van der Waals surface area (Å²) < 4.78 is 0. The summed E-state index contributed by atoms with van der Waals surface area (Å²) in [4.78, 5) is 2.16. The van der Waals surface area contributed by atoms with E-state index in [0.717, 1.165) is 26.1 Å². The molecule has 2 heterocycles. The van der Waals surface area contributed by atoms with Crippen molar-refractivity contribution in [2.45, 2.75) is 30.9 Å². The lowest BCUT2D eigenvalue weighted by atomic mass is 9.82. The molecule has 3 heteroatoms. The normalized spacial score (nSPS) is 36.0. The highest BCUT2D eigenvalue weighted by atomic mass is 16.3. The largest absolute Gasteiger partial charge is 0.386 e. The van der Waals surface area contributed by atoms with Gasteiger partial charge in [0.25, 0.3) is 0 Å². The number of β-amino-alcohol motifs (C(OH)–C–C–N with tert-alkyl or cyclic N) is 1. The lowest BCUT2D eigenvalue weighted by Crippen LogP contribution is -2.69. The zero-order chi connectivity index (χ0) is 8.60. The van der Waals surface area contributed by atoms with Gasteiger partial charge < -0.3 is 15.3 Å². The topological polar surface area (TPSA) is 35.5 Å². The smallest absolute Gasteiger partial charge is 0.105 e. The van der Waals surface area contributed by atoms with Gasteiger partial charge >= 0.3 is 0 Å². The highest BCUT2D eigenvalue weighted by Crippen LogP contribution is 2.27. The van der Waals surface area contributed by atoms with Gasteiger partial charge in [0.15, 0.2) is 0 Å². The Balaban J connectivity index is 1.90. The van der Waals surface area contributed by atoms with Crippen molar-refractivity contribution in [2.24, 2.45) is 0 Å². The molecule has 2 saturated heterocycles. The number of aliphatic hydroxyl groups is 1. The Morgan fingerprint density at radius 2 is 2.17 bits per heavy atom. The molecular weight excluding hydrogens is 152 g/mol. The average molecular weight is 170 g/mol. The van der Waals surface area contributed by atoms with Crippen molar-refractivity contribution in [1.82, 2.24) is 10.2 Å². The van der Waals surface area contributed by atoms with E-state index in [-0.39, 0.29) is 0 Å². The van der Waals surface area contributed by atoms with E-state index in [1.807, 2.05) is 0 Å². The molecule has 1 atom stereocenters. The summed E-state index contributed by atoms with van der Waals surface area (Å²) in [6.07, 6.45) is 3.68. The molecule has 2 rings (SSSR count). The Hall–Kier alpha value is -0.120. The lowest BCUT2D eigenvalue weighted by molar-refractivity contribution is -0.114. The standard InChI is InChI=1S/C9H18N2O/c1-11-6-9(12,7-11)8-4-2-3-5-10-8/h8,10,12H,2-7H2,1H3/t8-/m0/s1. The van der Waals surface area contributed by atoms with Gasteiger partial charge in [-0.2, -0.15) is 0 Å². The van der Waals surface area contributed by atoms with Crippen molar-refractivity contribution in [2.75, 3.05) is 26.7 Å². The molecule has 70 valence electrons. The van der Waals surface area contributed by atoms with Crippen molar-refractivity contribution < 1.29 is 5.11 Å². The van der Waals surface area contributed by atoms with Crippen molar-refractivity contribution in [3.8, 4) is 0 Å². The van der Waals surface area contributed by atoms with Crippen LogP contribution in [0.4, 0.5) is 0 Å². The zero-order valence-electron chi connectivity index (χ0n) is 7.71. The molecule has 3 nitrogen and oxygen atoms in total. The van der Waals surface area contributed by atoms with Crippen LogP contribution < -0.4 is 5.32 Å². The van der Waals surface area contributed by atoms with Crippen LogP contribution in [0.15, 0.2) is 0 Å². The Labute approximate surface area is 73.8 Å². The first-order valence-corrected chi connectivity index (χ1v) is 4.85. The number of nitrogens with one attached hydrogen (secondary N) is 1. The SMILES string of the molecule is CN1CC(O)([C@@H]2CCCCN2)C1. The van der Waals surface area contributed by atoms with Gasteiger partial charge in [0.05, 0.1) is 0 Å². The second-order valence-corrected chi connectivity index (χ2v) is 4.28. The third-order valence-corrected chi connectivity index (χ3v) is 3.05. The molecule has 2 aliphatic rings. The highest BCUT2D eigenvalue weighted by molar-refractivity contribution is 5.03. The van der Waals surface area contributed by atoms with E-state index in [1.54, 1.807) is 0 Å². The molecule has 0 unspecified atom stereocenters. The maximum Gasteiger partial charge on any atom is 0.105 e. The van der Waals surface area contributed by atoms with E-state index in [1.165, 1.54) is 12.8 Å². The van der Waals surface area contributed by atoms with Crippen LogP contribution in [0.1, 0.15) is 19.3 Å². The summed E-state index contributed by atoms with van der Waals surface area (Å²) in [7, 11) is 2.05. The molecule has 0 aromatic heterocycles. The number of likely N-dealkylation sites (tertiary alicyclic amines) is 1. The third-order valence-electron chi connectivity index (χ3n) is 3.05. The van der Waals surface area contributed by atoms with Crippen LogP contribution in [0.3, 0.4) is 0 Å². The summed E-state index contributed by atoms with van der Waals surface area (Å²) in [6.45, 7) is 2.76. The third kappa shape index (κ3) is 1.37. The van der Waals surface area contributed by atoms with E-state index < -0.39 is 5.60 Å². The first-order chi connectivity index (χ1) is 5.71. The van der Waals surface area contributed by atoms with Crippen LogP contribution in [0.5, 0.6) is 0 Å². The fraction of sp³-hybridized carbons (Fsp3) is 1.00. The van der Waals surface area contributed by atoms with Crippen molar-refractivity contribution >= 4 is 0 Å². The maximum absolute atomic E-state index is 10.1. The first-order valence-electron chi connectivity index (χ1n) is 4.85. The molecular formula is C9H18N2O. The fourth-order valence-electron chi connectivity index (χ4n) is 2.42. The van der Waals surface area contributed by atoms with E-state index in [0.29, 0.717) is 6.04 Å². The van der Waals surface area contributed by atoms with Crippen LogP contribution in [0.2, 0.25) is 0 Å². The van der Waals surface area contributed by atoms with E-state index in [2.05, 4.69) is 17.3 Å². The van der Waals surface area contributed by atoms with Gasteiger partial charge in [-0.1, -0.05) is 6.42 Å². The van der Waals surface area contributed by atoms with Gasteiger partial charge in [0, 0.05) is 19.1 Å². The zero-order valence-corrected chi connectivity index (χ0v) is 7.71. The molecule has 0 amide bonds. The molecule has 0 aliphatic carbocycles. The second-order valence-electron chi connectivity index (χ2n) is 4.28. The number of hydrogen-bond acceptors (Lipinski definition) is 3. The van der Waals surface area contributed by atoms with Crippen LogP contribution in [0, 0.1) is 0 Å². The Kier molecular flexibility index (Phi) is 2.10. The van der Waals surface area contributed by atoms with Gasteiger partial charge in [0.1, 0.15) is 5.60 Å². The van der Waals surface area contributed by atoms with Gasteiger partial charge in [-0.05, 0) is 26.4 Å². The van der Waals surface area contributed by atoms with Crippen molar-refractivity contribution in [1.29, 1.82) is 0 Å². The minimum absolute atomic E-state index is 0.349. The fourth-order valence-corrected chi connectivity index (χ4v) is 2.42. The summed E-state index contributed by atoms with van der Waals surface area (Å²) in [5.74, 6) is 0. The van der Waals surface area contributed by atoms with Gasteiger partial charge in [-0.25, -0.2) is 0 Å². The minimum atomic E-state index is -0.421. The van der Waals surface area contributed by atoms with Crippen LogP contribution in [-0.4, -0.2) is 48.3 Å². The van der Waals surface area contributed by atoms with Crippen LogP contribution in [-0.2, 0) is 0 Å². The van der Waals surface area contributed by atoms with Crippen molar-refractivity contribution in [3.05, 3.63) is 0 Å². The quantitative estimate of drug-likeness (QED) is 0.572. The van der Waals surface area contributed by atoms with E-state index in [9.17, 15) is 5.11 Å². The number of likely N-dealkylation sites (N-methyl/N-ethyl adjacent to an activating group) is 1. The number of rotatable bonds is 1. The maximum atomic E-state index is 10.1. The monoisotopic (exact) mass is 170 g/mol. The Bertz CT molecular complexity index is 160. The summed E-state index contributed by atoms with van der Waals surface area (Å²) in [5, 5.41) is 13.5. The average Bonchev–Trinajstić information content (AvgIpc) is 2.04. The molecule has 0 aromatic carbocycles. The summed E-state index contributed by atoms with van der Waals surface area (Å²) in [6, 6.07) is 0.349. The number of hydrogen-bond donors (Lipinski definition) is 2. The number of piperidine rings is 1. The first kappa shape index (κ1) is 8.48. The summed E-state index contributed by atoms with van der Waals surface area (Å²) >= 11 is 0. The molecule has 2 N–H and O–H groups in total. The molecule has 0 radical (unpaired) electrons. The molecule has 0 saturated carbocycles. The van der Waals surface area contributed by atoms with Gasteiger partial charge in [-0.15, -0.1) is 0 Å². The Morgan fingerprint density at radius 1 is 1.42 bits per heavy atom. The lowest BCUT2D eigenvalue weighted by Gasteiger charge is -2.50. The van der Waals surface area contributed by atoms with E-state index >= 15 is 0 Å². The Morgan fingerprint density at radius 3 is 2.67 bits per heavy atom. The molecule has 2 fully saturated rings. The summed E-state index contributed by atoms with van der Waals surface area (Å²) in [5.41, 5.74) is -0.421. The second kappa shape index (κ2) is 2.98. The van der Waals surface area contributed by atoms with Gasteiger partial charge in [0.2, 0.25) is 0 Å². The minimum Gasteiger partial charge on any atom is -0.386 e. The van der Waals surface area contributed by atoms with Crippen molar-refractivity contribution in [3.63, 3.8) is 0 Å². The molecule has 12 heavy (non-hydrogen) atoms. The number of nitrogens with zero attached hydrogens (tertiary/aromatic N) is 1. The highest BCUT2D eigenvalue weighted by Gasteiger charge is 2.45.